The van der Waals surface area contributed by atoms with E-state index in [4.69, 9.17) is 14.2 Å². The first-order valence-corrected chi connectivity index (χ1v) is 8.09. The van der Waals surface area contributed by atoms with E-state index in [0.29, 0.717) is 23.7 Å². The predicted octanol–water partition coefficient (Wildman–Crippen LogP) is 3.99. The third kappa shape index (κ3) is 4.60. The van der Waals surface area contributed by atoms with Crippen molar-refractivity contribution in [2.24, 2.45) is 0 Å². The first-order valence-electron chi connectivity index (χ1n) is 7.21. The zero-order valence-corrected chi connectivity index (χ0v) is 14.3. The van der Waals surface area contributed by atoms with Gasteiger partial charge in [-0.05, 0) is 41.6 Å². The van der Waals surface area contributed by atoms with Gasteiger partial charge < -0.3 is 14.2 Å². The van der Waals surface area contributed by atoms with Crippen molar-refractivity contribution in [3.05, 3.63) is 46.2 Å². The van der Waals surface area contributed by atoms with E-state index in [2.05, 4.69) is 0 Å². The number of allylic oxidation sites excluding steroid dienone is 1. The van der Waals surface area contributed by atoms with Crippen molar-refractivity contribution in [2.75, 3.05) is 21.3 Å². The summed E-state index contributed by atoms with van der Waals surface area (Å²) in [7, 11) is 4.69. The van der Waals surface area contributed by atoms with Gasteiger partial charge in [0.2, 0.25) is 5.75 Å². The normalized spacial score (nSPS) is 10.7. The van der Waals surface area contributed by atoms with Crippen molar-refractivity contribution in [3.63, 3.8) is 0 Å². The Morgan fingerprint density at radius 2 is 1.83 bits per heavy atom. The molecular weight excluding hydrogens is 312 g/mol. The first-order chi connectivity index (χ1) is 11.2. The molecule has 0 atom stereocenters. The molecule has 0 fully saturated rings. The van der Waals surface area contributed by atoms with E-state index >= 15 is 0 Å². The molecule has 0 amide bonds. The van der Waals surface area contributed by atoms with Crippen LogP contribution in [0.4, 0.5) is 0 Å². The maximum atomic E-state index is 12.0. The smallest absolute Gasteiger partial charge is 0.203 e. The molecule has 0 saturated carbocycles. The summed E-state index contributed by atoms with van der Waals surface area (Å²) >= 11 is 1.67. The second kappa shape index (κ2) is 8.39. The van der Waals surface area contributed by atoms with Crippen LogP contribution in [-0.4, -0.2) is 27.1 Å². The highest BCUT2D eigenvalue weighted by Crippen LogP contribution is 2.38. The molecule has 1 heterocycles. The van der Waals surface area contributed by atoms with Gasteiger partial charge in [0.25, 0.3) is 0 Å². The summed E-state index contributed by atoms with van der Waals surface area (Å²) < 4.78 is 15.9. The second-order valence-electron chi connectivity index (χ2n) is 4.84. The van der Waals surface area contributed by atoms with Crippen molar-refractivity contribution in [1.29, 1.82) is 0 Å². The Balaban J connectivity index is 2.07. The fourth-order valence-corrected chi connectivity index (χ4v) is 2.88. The molecule has 2 aromatic rings. The molecule has 4 nitrogen and oxygen atoms in total. The van der Waals surface area contributed by atoms with Crippen LogP contribution in [0, 0.1) is 0 Å². The monoisotopic (exact) mass is 332 g/mol. The van der Waals surface area contributed by atoms with Gasteiger partial charge in [0.1, 0.15) is 0 Å². The first kappa shape index (κ1) is 17.1. The molecule has 0 unspecified atom stereocenters. The Kier molecular flexibility index (Phi) is 6.23. The summed E-state index contributed by atoms with van der Waals surface area (Å²) in [6.45, 7) is 0. The highest BCUT2D eigenvalue weighted by Gasteiger charge is 2.12. The minimum atomic E-state index is 0.0900. The van der Waals surface area contributed by atoms with Crippen molar-refractivity contribution >= 4 is 23.2 Å². The largest absolute Gasteiger partial charge is 0.493 e. The van der Waals surface area contributed by atoms with Gasteiger partial charge in [0, 0.05) is 11.3 Å². The fourth-order valence-electron chi connectivity index (χ4n) is 2.17. The van der Waals surface area contributed by atoms with E-state index in [1.54, 1.807) is 44.8 Å². The quantitative estimate of drug-likeness (QED) is 0.686. The van der Waals surface area contributed by atoms with Gasteiger partial charge in [-0.3, -0.25) is 4.79 Å². The van der Waals surface area contributed by atoms with Crippen molar-refractivity contribution in [2.45, 2.75) is 12.8 Å². The van der Waals surface area contributed by atoms with Crippen LogP contribution in [0.2, 0.25) is 0 Å². The summed E-state index contributed by atoms with van der Waals surface area (Å²) in [6, 6.07) is 7.66. The van der Waals surface area contributed by atoms with E-state index in [9.17, 15) is 4.79 Å². The molecule has 0 aliphatic carbocycles. The molecule has 122 valence electrons. The van der Waals surface area contributed by atoms with Gasteiger partial charge in [-0.15, -0.1) is 11.3 Å². The number of hydrogen-bond acceptors (Lipinski definition) is 5. The van der Waals surface area contributed by atoms with Crippen LogP contribution in [0.1, 0.15) is 16.9 Å². The lowest BCUT2D eigenvalue weighted by molar-refractivity contribution is -0.114. The van der Waals surface area contributed by atoms with Crippen LogP contribution in [0.5, 0.6) is 17.2 Å². The molecule has 0 spiro atoms. The Labute approximate surface area is 140 Å². The molecule has 23 heavy (non-hydrogen) atoms. The molecule has 5 heteroatoms. The number of ether oxygens (including phenoxy) is 3. The maximum absolute atomic E-state index is 12.0. The topological polar surface area (TPSA) is 44.8 Å². The molecule has 0 aliphatic heterocycles. The third-order valence-electron chi connectivity index (χ3n) is 3.35. The van der Waals surface area contributed by atoms with Gasteiger partial charge in [-0.2, -0.15) is 0 Å². The standard InChI is InChI=1S/C18H20O4S/c1-20-16-11-13(12-17(21-2)18(16)22-3)6-7-14(19)8-9-15-5-4-10-23-15/h4-7,10-12H,8-9H2,1-3H3/b7-6+. The van der Waals surface area contributed by atoms with Crippen LogP contribution >= 0.6 is 11.3 Å². The van der Waals surface area contributed by atoms with Crippen LogP contribution in [-0.2, 0) is 11.2 Å². The Bertz CT molecular complexity index is 649. The molecule has 0 aliphatic rings. The summed E-state index contributed by atoms with van der Waals surface area (Å²) in [5.74, 6) is 1.76. The average molecular weight is 332 g/mol. The molecule has 0 saturated heterocycles. The number of hydrogen-bond donors (Lipinski definition) is 0. The fraction of sp³-hybridized carbons (Fsp3) is 0.278. The zero-order chi connectivity index (χ0) is 16.7. The van der Waals surface area contributed by atoms with Crippen LogP contribution in [0.15, 0.2) is 35.7 Å². The Hall–Kier alpha value is -2.27. The number of carbonyl (C=O) groups is 1. The number of thiophene rings is 1. The Morgan fingerprint density at radius 3 is 2.35 bits per heavy atom. The number of rotatable bonds is 8. The lowest BCUT2D eigenvalue weighted by Gasteiger charge is -2.12. The van der Waals surface area contributed by atoms with Gasteiger partial charge in [0.05, 0.1) is 21.3 Å². The molecule has 0 N–H and O–H groups in total. The number of aryl methyl sites for hydroxylation is 1. The van der Waals surface area contributed by atoms with Gasteiger partial charge in [0.15, 0.2) is 17.3 Å². The SMILES string of the molecule is COc1cc(/C=C/C(=O)CCc2cccs2)cc(OC)c1OC. The lowest BCUT2D eigenvalue weighted by atomic mass is 10.1. The summed E-state index contributed by atoms with van der Waals surface area (Å²) in [5.41, 5.74) is 0.823. The molecular formula is C18H20O4S. The minimum Gasteiger partial charge on any atom is -0.493 e. The van der Waals surface area contributed by atoms with E-state index < -0.39 is 0 Å². The van der Waals surface area contributed by atoms with Gasteiger partial charge in [-0.25, -0.2) is 0 Å². The van der Waals surface area contributed by atoms with Crippen LogP contribution < -0.4 is 14.2 Å². The van der Waals surface area contributed by atoms with Gasteiger partial charge in [-0.1, -0.05) is 12.1 Å². The molecule has 0 radical (unpaired) electrons. The summed E-state index contributed by atoms with van der Waals surface area (Å²) in [5, 5.41) is 2.02. The number of carbonyl (C=O) groups excluding carboxylic acids is 1. The Morgan fingerprint density at radius 1 is 1.13 bits per heavy atom. The molecule has 0 bridgehead atoms. The minimum absolute atomic E-state index is 0.0900. The number of benzene rings is 1. The zero-order valence-electron chi connectivity index (χ0n) is 13.5. The predicted molar refractivity (Wildman–Crippen MR) is 92.8 cm³/mol. The molecule has 2 rings (SSSR count). The average Bonchev–Trinajstić information content (AvgIpc) is 3.10. The van der Waals surface area contributed by atoms with Gasteiger partial charge >= 0.3 is 0 Å². The number of ketones is 1. The summed E-state index contributed by atoms with van der Waals surface area (Å²) in [6.07, 6.45) is 4.63. The molecule has 1 aromatic heterocycles. The van der Waals surface area contributed by atoms with E-state index in [1.807, 2.05) is 29.6 Å². The van der Waals surface area contributed by atoms with E-state index in [1.165, 1.54) is 4.88 Å². The lowest BCUT2D eigenvalue weighted by Crippen LogP contribution is -1.96. The summed E-state index contributed by atoms with van der Waals surface area (Å²) in [4.78, 5) is 13.2. The second-order valence-corrected chi connectivity index (χ2v) is 5.87. The van der Waals surface area contributed by atoms with Crippen LogP contribution in [0.3, 0.4) is 0 Å². The highest BCUT2D eigenvalue weighted by molar-refractivity contribution is 7.09. The number of methoxy groups -OCH3 is 3. The highest BCUT2D eigenvalue weighted by atomic mass is 32.1. The van der Waals surface area contributed by atoms with E-state index in [0.717, 1.165) is 12.0 Å². The third-order valence-corrected chi connectivity index (χ3v) is 4.28. The maximum Gasteiger partial charge on any atom is 0.203 e. The van der Waals surface area contributed by atoms with Crippen molar-refractivity contribution in [1.82, 2.24) is 0 Å². The van der Waals surface area contributed by atoms with Crippen LogP contribution in [0.25, 0.3) is 6.08 Å². The van der Waals surface area contributed by atoms with E-state index in [-0.39, 0.29) is 5.78 Å². The van der Waals surface area contributed by atoms with Crippen molar-refractivity contribution < 1.29 is 19.0 Å². The molecule has 1 aromatic carbocycles. The van der Waals surface area contributed by atoms with Crippen molar-refractivity contribution in [3.8, 4) is 17.2 Å².